The molecule has 1 aromatic heterocycles. The quantitative estimate of drug-likeness (QED) is 0.499. The number of H-pyrrole nitrogens is 1. The largest absolute Gasteiger partial charge is 0.424 e. The number of esters is 1. The molecule has 0 saturated carbocycles. The third-order valence-corrected chi connectivity index (χ3v) is 2.61. The van der Waals surface area contributed by atoms with E-state index in [9.17, 15) is 9.59 Å². The number of ether oxygens (including phenoxy) is 1. The summed E-state index contributed by atoms with van der Waals surface area (Å²) in [7, 11) is 0. The van der Waals surface area contributed by atoms with Gasteiger partial charge in [-0.25, -0.2) is 0 Å². The third-order valence-electron chi connectivity index (χ3n) is 2.61. The Morgan fingerprint density at radius 2 is 2.10 bits per heavy atom. The molecule has 0 unspecified atom stereocenters. The molecule has 6 nitrogen and oxygen atoms in total. The summed E-state index contributed by atoms with van der Waals surface area (Å²) in [5, 5.41) is 9.54. The lowest BCUT2D eigenvalue weighted by Crippen LogP contribution is -2.12. The average molecular weight is 269 g/mol. The van der Waals surface area contributed by atoms with Crippen LogP contribution in [0.4, 0.5) is 0 Å². The van der Waals surface area contributed by atoms with E-state index in [1.165, 1.54) is 13.0 Å². The van der Waals surface area contributed by atoms with Crippen molar-refractivity contribution in [1.82, 2.24) is 4.98 Å². The fourth-order valence-corrected chi connectivity index (χ4v) is 1.80. The van der Waals surface area contributed by atoms with E-state index in [0.29, 0.717) is 11.1 Å². The van der Waals surface area contributed by atoms with Gasteiger partial charge in [0.1, 0.15) is 11.6 Å². The Hall–Kier alpha value is -3.07. The zero-order chi connectivity index (χ0) is 14.7. The smallest absolute Gasteiger partial charge is 0.308 e. The number of amides is 1. The van der Waals surface area contributed by atoms with Crippen molar-refractivity contribution < 1.29 is 14.3 Å². The van der Waals surface area contributed by atoms with Gasteiger partial charge in [0, 0.05) is 17.8 Å². The second kappa shape index (κ2) is 5.28. The van der Waals surface area contributed by atoms with Gasteiger partial charge in [-0.1, -0.05) is 12.1 Å². The summed E-state index contributed by atoms with van der Waals surface area (Å²) in [6.45, 7) is 1.27. The molecule has 1 amide bonds. The van der Waals surface area contributed by atoms with Crippen molar-refractivity contribution in [2.24, 2.45) is 5.73 Å². The van der Waals surface area contributed by atoms with Gasteiger partial charge >= 0.3 is 5.97 Å². The summed E-state index contributed by atoms with van der Waals surface area (Å²) in [6.07, 6.45) is 1.26. The molecule has 0 saturated heterocycles. The van der Waals surface area contributed by atoms with E-state index in [-0.39, 0.29) is 11.3 Å². The second-order valence-corrected chi connectivity index (χ2v) is 4.04. The zero-order valence-corrected chi connectivity index (χ0v) is 10.6. The van der Waals surface area contributed by atoms with Gasteiger partial charge in [0.25, 0.3) is 5.91 Å². The first-order chi connectivity index (χ1) is 9.52. The third kappa shape index (κ3) is 2.52. The highest BCUT2D eigenvalue weighted by atomic mass is 16.5. The van der Waals surface area contributed by atoms with Crippen LogP contribution in [-0.4, -0.2) is 16.9 Å². The summed E-state index contributed by atoms with van der Waals surface area (Å²) in [5.74, 6) is -1.08. The molecule has 0 aliphatic carbocycles. The monoisotopic (exact) mass is 269 g/mol. The normalized spacial score (nSPS) is 11.1. The Kier molecular flexibility index (Phi) is 3.53. The molecule has 0 bridgehead atoms. The van der Waals surface area contributed by atoms with E-state index in [2.05, 4.69) is 4.98 Å². The predicted octanol–water partition coefficient (Wildman–Crippen LogP) is 1.49. The topological polar surface area (TPSA) is 109 Å². The standard InChI is InChI=1S/C14H11N3O3/c1-8(18)20-13-10-4-2-3-5-11(10)17-12(13)6-9(7-15)14(16)19/h2-6,17H,1H3,(H2,16,19). The second-order valence-electron chi connectivity index (χ2n) is 4.04. The van der Waals surface area contributed by atoms with Crippen LogP contribution >= 0.6 is 0 Å². The molecule has 0 aliphatic rings. The molecule has 0 radical (unpaired) electrons. The van der Waals surface area contributed by atoms with Crippen LogP contribution in [0, 0.1) is 11.3 Å². The van der Waals surface area contributed by atoms with E-state index in [0.717, 1.165) is 5.52 Å². The number of fused-ring (bicyclic) bond motifs is 1. The molecule has 100 valence electrons. The van der Waals surface area contributed by atoms with E-state index in [4.69, 9.17) is 15.7 Å². The first-order valence-corrected chi connectivity index (χ1v) is 5.73. The molecule has 0 aliphatic heterocycles. The van der Waals surface area contributed by atoms with Gasteiger partial charge in [-0.05, 0) is 18.2 Å². The first-order valence-electron chi connectivity index (χ1n) is 5.73. The zero-order valence-electron chi connectivity index (χ0n) is 10.6. The Labute approximate surface area is 114 Å². The molecular formula is C14H11N3O3. The molecule has 1 heterocycles. The van der Waals surface area contributed by atoms with Gasteiger partial charge in [0.05, 0.1) is 5.69 Å². The highest BCUT2D eigenvalue weighted by molar-refractivity contribution is 6.02. The Bertz CT molecular complexity index is 766. The fraction of sp³-hybridized carbons (Fsp3) is 0.0714. The van der Waals surface area contributed by atoms with Crippen molar-refractivity contribution >= 4 is 28.9 Å². The van der Waals surface area contributed by atoms with E-state index in [1.54, 1.807) is 24.3 Å². The van der Waals surface area contributed by atoms with Crippen molar-refractivity contribution in [3.63, 3.8) is 0 Å². The number of nitriles is 1. The van der Waals surface area contributed by atoms with Crippen LogP contribution in [0.25, 0.3) is 17.0 Å². The number of nitrogens with two attached hydrogens (primary N) is 1. The number of hydrogen-bond acceptors (Lipinski definition) is 4. The van der Waals surface area contributed by atoms with Crippen molar-refractivity contribution in [3.8, 4) is 11.8 Å². The lowest BCUT2D eigenvalue weighted by molar-refractivity contribution is -0.131. The van der Waals surface area contributed by atoms with Gasteiger partial charge in [-0.3, -0.25) is 9.59 Å². The minimum absolute atomic E-state index is 0.232. The van der Waals surface area contributed by atoms with Gasteiger partial charge < -0.3 is 15.5 Å². The number of rotatable bonds is 3. The molecule has 0 spiro atoms. The van der Waals surface area contributed by atoms with Crippen LogP contribution in [0.3, 0.4) is 0 Å². The van der Waals surface area contributed by atoms with Gasteiger partial charge in [0.2, 0.25) is 0 Å². The maximum atomic E-state index is 11.2. The highest BCUT2D eigenvalue weighted by Gasteiger charge is 2.15. The number of aromatic nitrogens is 1. The molecule has 6 heteroatoms. The highest BCUT2D eigenvalue weighted by Crippen LogP contribution is 2.31. The molecule has 20 heavy (non-hydrogen) atoms. The number of nitrogens with one attached hydrogen (secondary N) is 1. The summed E-state index contributed by atoms with van der Waals surface area (Å²) in [5.41, 5.74) is 5.92. The lowest BCUT2D eigenvalue weighted by atomic mass is 10.2. The SMILES string of the molecule is CC(=O)Oc1c(C=C(C#N)C(N)=O)[nH]c2ccccc12. The molecule has 2 rings (SSSR count). The van der Waals surface area contributed by atoms with E-state index >= 15 is 0 Å². The Balaban J connectivity index is 2.66. The van der Waals surface area contributed by atoms with E-state index in [1.807, 2.05) is 6.07 Å². The van der Waals surface area contributed by atoms with Gasteiger partial charge in [-0.2, -0.15) is 5.26 Å². The molecule has 1 aromatic carbocycles. The number of aromatic amines is 1. The lowest BCUT2D eigenvalue weighted by Gasteiger charge is -2.01. The summed E-state index contributed by atoms with van der Waals surface area (Å²) < 4.78 is 5.15. The molecule has 3 N–H and O–H groups in total. The Morgan fingerprint density at radius 3 is 2.70 bits per heavy atom. The van der Waals surface area contributed by atoms with Crippen molar-refractivity contribution in [1.29, 1.82) is 5.26 Å². The number of carbonyl (C=O) groups is 2. The van der Waals surface area contributed by atoms with Gasteiger partial charge in [-0.15, -0.1) is 0 Å². The Morgan fingerprint density at radius 1 is 1.40 bits per heavy atom. The molecular weight excluding hydrogens is 258 g/mol. The van der Waals surface area contributed by atoms with Crippen molar-refractivity contribution in [2.45, 2.75) is 6.92 Å². The summed E-state index contributed by atoms with van der Waals surface area (Å²) >= 11 is 0. The number of para-hydroxylation sites is 1. The predicted molar refractivity (Wildman–Crippen MR) is 72.4 cm³/mol. The van der Waals surface area contributed by atoms with Crippen LogP contribution in [0.5, 0.6) is 5.75 Å². The maximum absolute atomic E-state index is 11.2. The molecule has 0 fully saturated rings. The minimum atomic E-state index is -0.847. The van der Waals surface area contributed by atoms with Crippen LogP contribution in [0.15, 0.2) is 29.8 Å². The number of primary amides is 1. The minimum Gasteiger partial charge on any atom is -0.424 e. The van der Waals surface area contributed by atoms with Crippen LogP contribution in [-0.2, 0) is 9.59 Å². The first kappa shape index (κ1) is 13.4. The van der Waals surface area contributed by atoms with E-state index < -0.39 is 11.9 Å². The van der Waals surface area contributed by atoms with Crippen LogP contribution < -0.4 is 10.5 Å². The summed E-state index contributed by atoms with van der Waals surface area (Å²) in [4.78, 5) is 25.3. The van der Waals surface area contributed by atoms with Crippen LogP contribution in [0.1, 0.15) is 12.6 Å². The van der Waals surface area contributed by atoms with Crippen molar-refractivity contribution in [2.75, 3.05) is 0 Å². The maximum Gasteiger partial charge on any atom is 0.308 e. The number of benzene rings is 1. The fourth-order valence-electron chi connectivity index (χ4n) is 1.80. The number of nitrogens with zero attached hydrogens (tertiary/aromatic N) is 1. The average Bonchev–Trinajstić information content (AvgIpc) is 2.73. The van der Waals surface area contributed by atoms with Crippen molar-refractivity contribution in [3.05, 3.63) is 35.5 Å². The number of carbonyl (C=O) groups excluding carboxylic acids is 2. The molecule has 2 aromatic rings. The van der Waals surface area contributed by atoms with Crippen LogP contribution in [0.2, 0.25) is 0 Å². The number of hydrogen-bond donors (Lipinski definition) is 2. The summed E-state index contributed by atoms with van der Waals surface area (Å²) in [6, 6.07) is 8.85. The molecule has 0 atom stereocenters. The van der Waals surface area contributed by atoms with Gasteiger partial charge in [0.15, 0.2) is 5.75 Å².